The lowest BCUT2D eigenvalue weighted by atomic mass is 9.90. The van der Waals surface area contributed by atoms with Crippen LogP contribution in [0.4, 0.5) is 14.5 Å². The van der Waals surface area contributed by atoms with Crippen LogP contribution in [0.1, 0.15) is 58.3 Å². The molecule has 1 heterocycles. The number of aldehydes is 1. The molecule has 2 aromatic rings. The van der Waals surface area contributed by atoms with Crippen LogP contribution in [0.2, 0.25) is 0 Å². The second-order valence-electron chi connectivity index (χ2n) is 6.67. The Balaban J connectivity index is 1.68. The topological polar surface area (TPSA) is 64.0 Å². The molecule has 5 nitrogen and oxygen atoms in total. The van der Waals surface area contributed by atoms with Crippen molar-refractivity contribution in [3.8, 4) is 0 Å². The van der Waals surface area contributed by atoms with Crippen LogP contribution in [0, 0.1) is 5.92 Å². The molecule has 3 unspecified atom stereocenters. The molecule has 4 rings (SSSR count). The van der Waals surface area contributed by atoms with Gasteiger partial charge in [0.2, 0.25) is 0 Å². The lowest BCUT2D eigenvalue weighted by Crippen LogP contribution is -2.16. The predicted octanol–water partition coefficient (Wildman–Crippen LogP) is 3.40. The second kappa shape index (κ2) is 5.75. The average molecular weight is 345 g/mol. The van der Waals surface area contributed by atoms with E-state index >= 15 is 0 Å². The number of nitrogens with one attached hydrogen (secondary N) is 1. The summed E-state index contributed by atoms with van der Waals surface area (Å²) in [6.45, 7) is 0. The molecule has 1 saturated carbocycles. The molecular weight excluding hydrogens is 328 g/mol. The largest absolute Gasteiger partial charge is 0.322 e. The first-order chi connectivity index (χ1) is 12.0. The molecule has 0 radical (unpaired) electrons. The van der Waals surface area contributed by atoms with E-state index in [9.17, 15) is 18.4 Å². The Kier molecular flexibility index (Phi) is 3.67. The number of fused-ring (bicyclic) bond motifs is 5. The number of hydrogen-bond acceptors (Lipinski definition) is 3. The van der Waals surface area contributed by atoms with Crippen LogP contribution in [0.3, 0.4) is 0 Å². The molecule has 1 aromatic heterocycles. The molecule has 0 spiro atoms. The summed E-state index contributed by atoms with van der Waals surface area (Å²) < 4.78 is 27.4. The van der Waals surface area contributed by atoms with Gasteiger partial charge in [0.1, 0.15) is 12.0 Å². The maximum atomic E-state index is 13.1. The predicted molar refractivity (Wildman–Crippen MR) is 86.8 cm³/mol. The van der Waals surface area contributed by atoms with Crippen LogP contribution in [-0.4, -0.2) is 22.0 Å². The highest BCUT2D eigenvalue weighted by atomic mass is 19.3. The monoisotopic (exact) mass is 345 g/mol. The SMILES string of the molecule is Cn1cc(C(=O)Nc2cccc3c2C2CCC3C2C=O)c(C(F)F)n1. The first-order valence-electron chi connectivity index (χ1n) is 8.22. The van der Waals surface area contributed by atoms with Gasteiger partial charge in [-0.1, -0.05) is 12.1 Å². The summed E-state index contributed by atoms with van der Waals surface area (Å²) in [5.74, 6) is -0.368. The molecule has 3 atom stereocenters. The third kappa shape index (κ3) is 2.37. The standard InChI is InChI=1S/C18H17F2N3O2/c1-23-7-12(16(22-23)17(19)20)18(25)21-14-4-2-3-10-9-5-6-11(15(10)14)13(9)8-24/h2-4,7-9,11,13,17H,5-6H2,1H3,(H,21,25). The van der Waals surface area contributed by atoms with E-state index in [4.69, 9.17) is 0 Å². The molecule has 1 amide bonds. The number of carbonyl (C=O) groups is 2. The smallest absolute Gasteiger partial charge is 0.282 e. The number of benzene rings is 1. The molecule has 25 heavy (non-hydrogen) atoms. The number of alkyl halides is 2. The number of nitrogens with zero attached hydrogens (tertiary/aromatic N) is 2. The summed E-state index contributed by atoms with van der Waals surface area (Å²) in [5.41, 5.74) is 2.01. The van der Waals surface area contributed by atoms with E-state index in [1.807, 2.05) is 12.1 Å². The minimum absolute atomic E-state index is 0.0527. The van der Waals surface area contributed by atoms with E-state index in [-0.39, 0.29) is 23.3 Å². The molecular formula is C18H17F2N3O2. The van der Waals surface area contributed by atoms with Crippen molar-refractivity contribution < 1.29 is 18.4 Å². The zero-order valence-corrected chi connectivity index (χ0v) is 13.6. The van der Waals surface area contributed by atoms with E-state index in [1.165, 1.54) is 17.9 Å². The summed E-state index contributed by atoms with van der Waals surface area (Å²) in [4.78, 5) is 24.0. The van der Waals surface area contributed by atoms with Crippen molar-refractivity contribution in [3.05, 3.63) is 46.8 Å². The number of hydrogen-bond donors (Lipinski definition) is 1. The van der Waals surface area contributed by atoms with Gasteiger partial charge >= 0.3 is 0 Å². The van der Waals surface area contributed by atoms with Gasteiger partial charge in [-0.3, -0.25) is 9.48 Å². The van der Waals surface area contributed by atoms with Gasteiger partial charge in [0.25, 0.3) is 12.3 Å². The Morgan fingerprint density at radius 2 is 2.12 bits per heavy atom. The fourth-order valence-electron chi connectivity index (χ4n) is 4.37. The van der Waals surface area contributed by atoms with Crippen molar-refractivity contribution in [2.24, 2.45) is 13.0 Å². The zero-order chi connectivity index (χ0) is 17.7. The Labute approximate surface area is 143 Å². The number of anilines is 1. The van der Waals surface area contributed by atoms with E-state index in [0.717, 1.165) is 30.3 Å². The van der Waals surface area contributed by atoms with Crippen LogP contribution < -0.4 is 5.32 Å². The van der Waals surface area contributed by atoms with Crippen LogP contribution in [0.5, 0.6) is 0 Å². The first-order valence-corrected chi connectivity index (χ1v) is 8.22. The van der Waals surface area contributed by atoms with Crippen molar-refractivity contribution in [2.75, 3.05) is 5.32 Å². The molecule has 1 N–H and O–H groups in total. The van der Waals surface area contributed by atoms with Gasteiger partial charge in [-0.25, -0.2) is 8.78 Å². The Bertz CT molecular complexity index is 862. The van der Waals surface area contributed by atoms with Crippen LogP contribution in [0.15, 0.2) is 24.4 Å². The van der Waals surface area contributed by atoms with Crippen molar-refractivity contribution >= 4 is 17.9 Å². The average Bonchev–Trinajstić information content (AvgIpc) is 3.26. The maximum absolute atomic E-state index is 13.1. The molecule has 0 saturated heterocycles. The zero-order valence-electron chi connectivity index (χ0n) is 13.6. The molecule has 1 aromatic carbocycles. The number of aromatic nitrogens is 2. The highest BCUT2D eigenvalue weighted by Crippen LogP contribution is 2.58. The second-order valence-corrected chi connectivity index (χ2v) is 6.67. The Morgan fingerprint density at radius 1 is 1.36 bits per heavy atom. The van der Waals surface area contributed by atoms with Crippen LogP contribution in [0.25, 0.3) is 0 Å². The maximum Gasteiger partial charge on any atom is 0.282 e. The summed E-state index contributed by atoms with van der Waals surface area (Å²) in [7, 11) is 1.50. The minimum atomic E-state index is -2.82. The quantitative estimate of drug-likeness (QED) is 0.864. The van der Waals surface area contributed by atoms with Crippen molar-refractivity contribution in [3.63, 3.8) is 0 Å². The van der Waals surface area contributed by atoms with Crippen molar-refractivity contribution in [1.29, 1.82) is 0 Å². The van der Waals surface area contributed by atoms with Gasteiger partial charge < -0.3 is 10.1 Å². The number of aryl methyl sites for hydroxylation is 1. The summed E-state index contributed by atoms with van der Waals surface area (Å²) in [6.07, 6.45) is 1.35. The number of carbonyl (C=O) groups excluding carboxylic acids is 2. The molecule has 1 fully saturated rings. The normalized spacial score (nSPS) is 23.8. The first kappa shape index (κ1) is 15.9. The summed E-state index contributed by atoms with van der Waals surface area (Å²) in [5, 5.41) is 6.42. The Hall–Kier alpha value is -2.57. The van der Waals surface area contributed by atoms with Gasteiger partial charge in [-0.2, -0.15) is 5.10 Å². The lowest BCUT2D eigenvalue weighted by Gasteiger charge is -2.19. The van der Waals surface area contributed by atoms with Gasteiger partial charge in [-0.05, 0) is 41.9 Å². The highest BCUT2D eigenvalue weighted by molar-refractivity contribution is 6.05. The summed E-state index contributed by atoms with van der Waals surface area (Å²) in [6, 6.07) is 5.58. The van der Waals surface area contributed by atoms with Crippen molar-refractivity contribution in [2.45, 2.75) is 31.1 Å². The Morgan fingerprint density at radius 3 is 2.84 bits per heavy atom. The van der Waals surface area contributed by atoms with Crippen LogP contribution in [-0.2, 0) is 11.8 Å². The number of halogens is 2. The van der Waals surface area contributed by atoms with E-state index in [1.54, 1.807) is 6.07 Å². The minimum Gasteiger partial charge on any atom is -0.322 e. The molecule has 2 aliphatic carbocycles. The van der Waals surface area contributed by atoms with Gasteiger partial charge in [0.05, 0.1) is 5.56 Å². The molecule has 0 aliphatic heterocycles. The molecule has 7 heteroatoms. The fourth-order valence-corrected chi connectivity index (χ4v) is 4.37. The highest BCUT2D eigenvalue weighted by Gasteiger charge is 2.46. The summed E-state index contributed by atoms with van der Waals surface area (Å²) >= 11 is 0. The van der Waals surface area contributed by atoms with Crippen molar-refractivity contribution in [1.82, 2.24) is 9.78 Å². The molecule has 2 bridgehead atoms. The van der Waals surface area contributed by atoms with Gasteiger partial charge in [0, 0.05) is 24.8 Å². The third-order valence-corrected chi connectivity index (χ3v) is 5.34. The third-order valence-electron chi connectivity index (χ3n) is 5.34. The van der Waals surface area contributed by atoms with Gasteiger partial charge in [-0.15, -0.1) is 0 Å². The number of amides is 1. The van der Waals surface area contributed by atoms with Crippen LogP contribution >= 0.6 is 0 Å². The van der Waals surface area contributed by atoms with E-state index in [2.05, 4.69) is 10.4 Å². The number of rotatable bonds is 4. The molecule has 2 aliphatic rings. The van der Waals surface area contributed by atoms with Gasteiger partial charge in [0.15, 0.2) is 0 Å². The molecule has 130 valence electrons. The lowest BCUT2D eigenvalue weighted by molar-refractivity contribution is -0.111. The fraction of sp³-hybridized carbons (Fsp3) is 0.389. The van der Waals surface area contributed by atoms with E-state index in [0.29, 0.717) is 5.69 Å². The van der Waals surface area contributed by atoms with E-state index < -0.39 is 18.0 Å².